The lowest BCUT2D eigenvalue weighted by Crippen LogP contribution is -2.44. The van der Waals surface area contributed by atoms with Gasteiger partial charge in [0.1, 0.15) is 5.82 Å². The van der Waals surface area contributed by atoms with Gasteiger partial charge in [0.25, 0.3) is 0 Å². The Hall–Kier alpha value is -0.850. The molecule has 0 amide bonds. The predicted molar refractivity (Wildman–Crippen MR) is 81.7 cm³/mol. The summed E-state index contributed by atoms with van der Waals surface area (Å²) in [7, 11) is 0. The summed E-state index contributed by atoms with van der Waals surface area (Å²) in [6.07, 6.45) is 4.20. The smallest absolute Gasteiger partial charge is 0.189 e. The molecule has 0 bridgehead atoms. The third-order valence-corrected chi connectivity index (χ3v) is 4.52. The van der Waals surface area contributed by atoms with E-state index in [1.54, 1.807) is 11.8 Å². The molecule has 110 valence electrons. The van der Waals surface area contributed by atoms with E-state index >= 15 is 0 Å². The number of hydrogen-bond donors (Lipinski definition) is 1. The van der Waals surface area contributed by atoms with Gasteiger partial charge in [-0.1, -0.05) is 11.8 Å². The number of rotatable bonds is 3. The number of anilines is 1. The molecule has 2 fully saturated rings. The van der Waals surface area contributed by atoms with Crippen LogP contribution in [-0.4, -0.2) is 55.6 Å². The van der Waals surface area contributed by atoms with E-state index in [1.165, 1.54) is 5.69 Å². The average Bonchev–Trinajstić information content (AvgIpc) is 2.56. The molecule has 5 nitrogen and oxygen atoms in total. The first-order valence-electron chi connectivity index (χ1n) is 7.33. The summed E-state index contributed by atoms with van der Waals surface area (Å²) >= 11 is 1.63. The van der Waals surface area contributed by atoms with Gasteiger partial charge in [-0.25, -0.2) is 9.97 Å². The van der Waals surface area contributed by atoms with E-state index in [9.17, 15) is 0 Å². The summed E-state index contributed by atoms with van der Waals surface area (Å²) in [5, 5.41) is 4.28. The monoisotopic (exact) mass is 294 g/mol. The summed E-state index contributed by atoms with van der Waals surface area (Å²) in [6.45, 7) is 5.82. The van der Waals surface area contributed by atoms with E-state index < -0.39 is 0 Å². The van der Waals surface area contributed by atoms with Crippen LogP contribution in [0, 0.1) is 0 Å². The standard InChI is InChI=1S/C14H22N4OS/c1-20-14-16-12(11-2-8-19-9-3-11)10-13(17-14)18-6-4-15-5-7-18/h10-11,15H,2-9H2,1H3. The molecule has 2 aliphatic heterocycles. The van der Waals surface area contributed by atoms with E-state index in [1.807, 2.05) is 6.26 Å². The van der Waals surface area contributed by atoms with Crippen molar-refractivity contribution in [2.24, 2.45) is 0 Å². The van der Waals surface area contributed by atoms with Crippen LogP contribution < -0.4 is 10.2 Å². The van der Waals surface area contributed by atoms with E-state index in [0.717, 1.165) is 63.2 Å². The average molecular weight is 294 g/mol. The Morgan fingerprint density at radius 1 is 1.25 bits per heavy atom. The van der Waals surface area contributed by atoms with Gasteiger partial charge in [-0.05, 0) is 19.1 Å². The molecule has 3 rings (SSSR count). The second-order valence-corrected chi connectivity index (χ2v) is 6.03. The van der Waals surface area contributed by atoms with Crippen molar-refractivity contribution in [1.29, 1.82) is 0 Å². The number of hydrogen-bond acceptors (Lipinski definition) is 6. The van der Waals surface area contributed by atoms with Crippen molar-refractivity contribution in [3.8, 4) is 0 Å². The third-order valence-electron chi connectivity index (χ3n) is 3.98. The van der Waals surface area contributed by atoms with Crippen LogP contribution in [0.25, 0.3) is 0 Å². The zero-order valence-corrected chi connectivity index (χ0v) is 12.8. The second kappa shape index (κ2) is 6.74. The Labute approximate surface area is 124 Å². The fraction of sp³-hybridized carbons (Fsp3) is 0.714. The Balaban J connectivity index is 1.85. The minimum Gasteiger partial charge on any atom is -0.381 e. The number of piperazine rings is 1. The van der Waals surface area contributed by atoms with Crippen molar-refractivity contribution in [2.75, 3.05) is 50.5 Å². The van der Waals surface area contributed by atoms with E-state index in [-0.39, 0.29) is 0 Å². The lowest BCUT2D eigenvalue weighted by Gasteiger charge is -2.29. The highest BCUT2D eigenvalue weighted by molar-refractivity contribution is 7.98. The zero-order chi connectivity index (χ0) is 13.8. The molecular formula is C14H22N4OS. The summed E-state index contributed by atoms with van der Waals surface area (Å²) in [4.78, 5) is 11.8. The Morgan fingerprint density at radius 2 is 2.00 bits per heavy atom. The number of aromatic nitrogens is 2. The third kappa shape index (κ3) is 3.24. The van der Waals surface area contributed by atoms with Crippen molar-refractivity contribution < 1.29 is 4.74 Å². The van der Waals surface area contributed by atoms with Crippen LogP contribution in [0.4, 0.5) is 5.82 Å². The Kier molecular flexibility index (Phi) is 4.75. The molecular weight excluding hydrogens is 272 g/mol. The highest BCUT2D eigenvalue weighted by Crippen LogP contribution is 2.29. The van der Waals surface area contributed by atoms with Crippen LogP contribution in [0.1, 0.15) is 24.5 Å². The SMILES string of the molecule is CSc1nc(C2CCOCC2)cc(N2CCNCC2)n1. The van der Waals surface area contributed by atoms with Gasteiger partial charge in [0.05, 0.1) is 5.69 Å². The largest absolute Gasteiger partial charge is 0.381 e. The van der Waals surface area contributed by atoms with Crippen molar-refractivity contribution >= 4 is 17.6 Å². The van der Waals surface area contributed by atoms with Gasteiger partial charge in [0.2, 0.25) is 0 Å². The Bertz CT molecular complexity index is 409. The van der Waals surface area contributed by atoms with Crippen LogP contribution in [0.5, 0.6) is 0 Å². The van der Waals surface area contributed by atoms with Crippen LogP contribution in [0.3, 0.4) is 0 Å². The summed E-state index contributed by atoms with van der Waals surface area (Å²) in [5.74, 6) is 1.62. The normalized spacial score (nSPS) is 21.1. The first-order chi connectivity index (χ1) is 9.86. The molecule has 20 heavy (non-hydrogen) atoms. The lowest BCUT2D eigenvalue weighted by atomic mass is 9.96. The number of ether oxygens (including phenoxy) is 1. The number of nitrogens with zero attached hydrogens (tertiary/aromatic N) is 3. The maximum absolute atomic E-state index is 5.46. The Morgan fingerprint density at radius 3 is 2.70 bits per heavy atom. The van der Waals surface area contributed by atoms with Crippen LogP contribution in [-0.2, 0) is 4.74 Å². The number of thioether (sulfide) groups is 1. The molecule has 0 atom stereocenters. The number of nitrogens with one attached hydrogen (secondary N) is 1. The van der Waals surface area contributed by atoms with Gasteiger partial charge in [0, 0.05) is 51.4 Å². The molecule has 2 saturated heterocycles. The maximum atomic E-state index is 5.46. The first-order valence-corrected chi connectivity index (χ1v) is 8.55. The fourth-order valence-electron chi connectivity index (χ4n) is 2.78. The van der Waals surface area contributed by atoms with Gasteiger partial charge < -0.3 is 15.0 Å². The van der Waals surface area contributed by atoms with Gasteiger partial charge in [-0.2, -0.15) is 0 Å². The van der Waals surface area contributed by atoms with Crippen LogP contribution >= 0.6 is 11.8 Å². The fourth-order valence-corrected chi connectivity index (χ4v) is 3.16. The molecule has 2 aliphatic rings. The maximum Gasteiger partial charge on any atom is 0.189 e. The van der Waals surface area contributed by atoms with Crippen molar-refractivity contribution in [3.63, 3.8) is 0 Å². The van der Waals surface area contributed by atoms with E-state index in [4.69, 9.17) is 9.72 Å². The highest BCUT2D eigenvalue weighted by Gasteiger charge is 2.21. The quantitative estimate of drug-likeness (QED) is 0.673. The molecule has 1 N–H and O–H groups in total. The van der Waals surface area contributed by atoms with Gasteiger partial charge in [-0.3, -0.25) is 0 Å². The van der Waals surface area contributed by atoms with Crippen LogP contribution in [0.15, 0.2) is 11.2 Å². The van der Waals surface area contributed by atoms with E-state index in [0.29, 0.717) is 5.92 Å². The minimum atomic E-state index is 0.527. The summed E-state index contributed by atoms with van der Waals surface area (Å²) in [6, 6.07) is 2.20. The van der Waals surface area contributed by atoms with Gasteiger partial charge >= 0.3 is 0 Å². The van der Waals surface area contributed by atoms with Crippen molar-refractivity contribution in [1.82, 2.24) is 15.3 Å². The predicted octanol–water partition coefficient (Wildman–Crippen LogP) is 1.50. The first kappa shape index (κ1) is 14.1. The van der Waals surface area contributed by atoms with Crippen molar-refractivity contribution in [3.05, 3.63) is 11.8 Å². The molecule has 0 aromatic carbocycles. The summed E-state index contributed by atoms with van der Waals surface area (Å²) in [5.41, 5.74) is 1.20. The molecule has 0 spiro atoms. The van der Waals surface area contributed by atoms with E-state index in [2.05, 4.69) is 21.3 Å². The second-order valence-electron chi connectivity index (χ2n) is 5.26. The molecule has 1 aromatic rings. The van der Waals surface area contributed by atoms with Gasteiger partial charge in [-0.15, -0.1) is 0 Å². The lowest BCUT2D eigenvalue weighted by molar-refractivity contribution is 0.0843. The topological polar surface area (TPSA) is 50.3 Å². The zero-order valence-electron chi connectivity index (χ0n) is 12.0. The highest BCUT2D eigenvalue weighted by atomic mass is 32.2. The molecule has 0 unspecified atom stereocenters. The molecule has 1 aromatic heterocycles. The molecule has 0 radical (unpaired) electrons. The summed E-state index contributed by atoms with van der Waals surface area (Å²) < 4.78 is 5.46. The van der Waals surface area contributed by atoms with Crippen molar-refractivity contribution in [2.45, 2.75) is 23.9 Å². The minimum absolute atomic E-state index is 0.527. The van der Waals surface area contributed by atoms with Gasteiger partial charge in [0.15, 0.2) is 5.16 Å². The molecule has 0 saturated carbocycles. The molecule has 6 heteroatoms. The molecule has 3 heterocycles. The van der Waals surface area contributed by atoms with Crippen LogP contribution in [0.2, 0.25) is 0 Å². The molecule has 0 aliphatic carbocycles.